The van der Waals surface area contributed by atoms with E-state index in [0.29, 0.717) is 6.54 Å². The standard InChI is InChI=1S/C19H20N4O/c1-13(14-8-4-2-5-9-14)20-16-12-23-18(19(16)24)17(21-22-23)15-10-6-3-7-11-15/h2-11,13,16,19-20,24H,12H2,1H3/t13-,16+,19+/m1/s1. The Hall–Kier alpha value is -2.50. The number of nitrogens with one attached hydrogen (secondary N) is 1. The summed E-state index contributed by atoms with van der Waals surface area (Å²) in [6.07, 6.45) is -0.624. The van der Waals surface area contributed by atoms with Gasteiger partial charge in [-0.25, -0.2) is 4.68 Å². The Morgan fingerprint density at radius 1 is 1.08 bits per heavy atom. The van der Waals surface area contributed by atoms with Crippen molar-refractivity contribution in [1.29, 1.82) is 0 Å². The van der Waals surface area contributed by atoms with Gasteiger partial charge in [-0.15, -0.1) is 5.10 Å². The lowest BCUT2D eigenvalue weighted by molar-refractivity contribution is 0.136. The molecule has 0 saturated carbocycles. The SMILES string of the molecule is C[C@@H](N[C@H]1Cn2nnc(-c3ccccc3)c2[C@H]1O)c1ccccc1. The summed E-state index contributed by atoms with van der Waals surface area (Å²) in [5.74, 6) is 0. The fourth-order valence-electron chi connectivity index (χ4n) is 3.33. The highest BCUT2D eigenvalue weighted by Crippen LogP contribution is 2.33. The number of fused-ring (bicyclic) bond motifs is 1. The van der Waals surface area contributed by atoms with Crippen LogP contribution in [0, 0.1) is 0 Å². The van der Waals surface area contributed by atoms with Crippen LogP contribution >= 0.6 is 0 Å². The van der Waals surface area contributed by atoms with Crippen molar-refractivity contribution >= 4 is 0 Å². The Morgan fingerprint density at radius 2 is 1.75 bits per heavy atom. The van der Waals surface area contributed by atoms with Gasteiger partial charge in [0.05, 0.1) is 18.3 Å². The highest BCUT2D eigenvalue weighted by atomic mass is 16.3. The quantitative estimate of drug-likeness (QED) is 0.776. The number of benzene rings is 2. The fourth-order valence-corrected chi connectivity index (χ4v) is 3.33. The number of aromatic nitrogens is 3. The fraction of sp³-hybridized carbons (Fsp3) is 0.263. The van der Waals surface area contributed by atoms with Gasteiger partial charge >= 0.3 is 0 Å². The molecule has 3 aromatic rings. The number of aliphatic hydroxyl groups is 1. The van der Waals surface area contributed by atoms with Crippen molar-refractivity contribution in [2.24, 2.45) is 0 Å². The van der Waals surface area contributed by atoms with E-state index >= 15 is 0 Å². The van der Waals surface area contributed by atoms with Crippen molar-refractivity contribution in [1.82, 2.24) is 20.3 Å². The predicted octanol–water partition coefficient (Wildman–Crippen LogP) is 2.71. The predicted molar refractivity (Wildman–Crippen MR) is 92.2 cm³/mol. The molecule has 2 aromatic carbocycles. The van der Waals surface area contributed by atoms with Crippen LogP contribution < -0.4 is 5.32 Å². The second-order valence-corrected chi connectivity index (χ2v) is 6.22. The molecule has 0 fully saturated rings. The number of hydrogen-bond donors (Lipinski definition) is 2. The highest BCUT2D eigenvalue weighted by Gasteiger charge is 2.36. The molecular formula is C19H20N4O. The molecule has 0 aliphatic carbocycles. The molecule has 24 heavy (non-hydrogen) atoms. The topological polar surface area (TPSA) is 63.0 Å². The zero-order valence-electron chi connectivity index (χ0n) is 13.5. The summed E-state index contributed by atoms with van der Waals surface area (Å²) >= 11 is 0. The number of nitrogens with zero attached hydrogens (tertiary/aromatic N) is 3. The molecule has 2 N–H and O–H groups in total. The van der Waals surface area contributed by atoms with Crippen molar-refractivity contribution in [3.8, 4) is 11.3 Å². The van der Waals surface area contributed by atoms with Gasteiger partial charge in [-0.1, -0.05) is 65.9 Å². The van der Waals surface area contributed by atoms with Crippen LogP contribution in [-0.4, -0.2) is 26.1 Å². The van der Waals surface area contributed by atoms with Crippen molar-refractivity contribution < 1.29 is 5.11 Å². The maximum Gasteiger partial charge on any atom is 0.119 e. The molecule has 0 amide bonds. The van der Waals surface area contributed by atoms with Crippen LogP contribution in [0.5, 0.6) is 0 Å². The number of hydrogen-bond acceptors (Lipinski definition) is 4. The molecule has 3 atom stereocenters. The van der Waals surface area contributed by atoms with Gasteiger partial charge in [-0.05, 0) is 12.5 Å². The van der Waals surface area contributed by atoms with Gasteiger partial charge in [0.2, 0.25) is 0 Å². The first-order chi connectivity index (χ1) is 11.7. The first-order valence-corrected chi connectivity index (χ1v) is 8.22. The lowest BCUT2D eigenvalue weighted by atomic mass is 10.0. The normalized spacial score (nSPS) is 20.8. The van der Waals surface area contributed by atoms with Crippen LogP contribution in [0.2, 0.25) is 0 Å². The first-order valence-electron chi connectivity index (χ1n) is 8.22. The third kappa shape index (κ3) is 2.62. The van der Waals surface area contributed by atoms with E-state index in [1.54, 1.807) is 0 Å². The van der Waals surface area contributed by atoms with E-state index in [1.165, 1.54) is 5.56 Å². The van der Waals surface area contributed by atoms with Gasteiger partial charge in [0.25, 0.3) is 0 Å². The van der Waals surface area contributed by atoms with E-state index in [0.717, 1.165) is 17.0 Å². The van der Waals surface area contributed by atoms with Crippen LogP contribution in [0.25, 0.3) is 11.3 Å². The van der Waals surface area contributed by atoms with E-state index in [2.05, 4.69) is 34.7 Å². The number of aliphatic hydroxyl groups excluding tert-OH is 1. The average molecular weight is 320 g/mol. The largest absolute Gasteiger partial charge is 0.385 e. The smallest absolute Gasteiger partial charge is 0.119 e. The van der Waals surface area contributed by atoms with Crippen LogP contribution in [0.1, 0.15) is 30.3 Å². The average Bonchev–Trinajstić information content (AvgIpc) is 3.17. The van der Waals surface area contributed by atoms with Gasteiger partial charge in [0.1, 0.15) is 11.8 Å². The third-order valence-electron chi connectivity index (χ3n) is 4.62. The maximum absolute atomic E-state index is 10.8. The summed E-state index contributed by atoms with van der Waals surface area (Å²) in [6, 6.07) is 20.2. The molecule has 5 nitrogen and oxygen atoms in total. The summed E-state index contributed by atoms with van der Waals surface area (Å²) in [7, 11) is 0. The molecule has 0 saturated heterocycles. The second kappa shape index (κ2) is 6.19. The molecule has 1 aliphatic heterocycles. The van der Waals surface area contributed by atoms with Gasteiger partial charge in [-0.3, -0.25) is 0 Å². The monoisotopic (exact) mass is 320 g/mol. The van der Waals surface area contributed by atoms with Gasteiger partial charge < -0.3 is 10.4 Å². The Kier molecular flexibility index (Phi) is 3.88. The van der Waals surface area contributed by atoms with Crippen molar-refractivity contribution in [3.05, 3.63) is 71.9 Å². The molecular weight excluding hydrogens is 300 g/mol. The summed E-state index contributed by atoms with van der Waals surface area (Å²) < 4.78 is 1.81. The Labute approximate surface area is 141 Å². The van der Waals surface area contributed by atoms with E-state index in [1.807, 2.05) is 53.2 Å². The van der Waals surface area contributed by atoms with Gasteiger partial charge in [0, 0.05) is 11.6 Å². The molecule has 122 valence electrons. The minimum Gasteiger partial charge on any atom is -0.385 e. The highest BCUT2D eigenvalue weighted by molar-refractivity contribution is 5.62. The van der Waals surface area contributed by atoms with Crippen molar-refractivity contribution in [3.63, 3.8) is 0 Å². The molecule has 2 heterocycles. The molecule has 4 rings (SSSR count). The summed E-state index contributed by atoms with van der Waals surface area (Å²) in [6.45, 7) is 2.73. The Morgan fingerprint density at radius 3 is 2.46 bits per heavy atom. The zero-order valence-corrected chi connectivity index (χ0v) is 13.5. The molecule has 1 aromatic heterocycles. The minimum absolute atomic E-state index is 0.0758. The molecule has 0 spiro atoms. The summed E-state index contributed by atoms with van der Waals surface area (Å²) in [5, 5.41) is 22.8. The summed E-state index contributed by atoms with van der Waals surface area (Å²) in [5.41, 5.74) is 3.74. The Balaban J connectivity index is 1.56. The van der Waals surface area contributed by atoms with Crippen molar-refractivity contribution in [2.45, 2.75) is 31.7 Å². The van der Waals surface area contributed by atoms with E-state index in [4.69, 9.17) is 0 Å². The van der Waals surface area contributed by atoms with E-state index in [-0.39, 0.29) is 12.1 Å². The Bertz CT molecular complexity index is 816. The molecule has 0 unspecified atom stereocenters. The molecule has 0 radical (unpaired) electrons. The van der Waals surface area contributed by atoms with Crippen LogP contribution in [0.3, 0.4) is 0 Å². The second-order valence-electron chi connectivity index (χ2n) is 6.22. The van der Waals surface area contributed by atoms with Gasteiger partial charge in [-0.2, -0.15) is 0 Å². The lowest BCUT2D eigenvalue weighted by Crippen LogP contribution is -2.35. The van der Waals surface area contributed by atoms with E-state index in [9.17, 15) is 5.11 Å². The van der Waals surface area contributed by atoms with Crippen LogP contribution in [0.15, 0.2) is 60.7 Å². The van der Waals surface area contributed by atoms with Crippen LogP contribution in [0.4, 0.5) is 0 Å². The molecule has 0 bridgehead atoms. The zero-order chi connectivity index (χ0) is 16.5. The lowest BCUT2D eigenvalue weighted by Gasteiger charge is -2.22. The minimum atomic E-state index is -0.624. The molecule has 5 heteroatoms. The first kappa shape index (κ1) is 15.1. The third-order valence-corrected chi connectivity index (χ3v) is 4.62. The van der Waals surface area contributed by atoms with Crippen LogP contribution in [-0.2, 0) is 6.54 Å². The maximum atomic E-state index is 10.8. The van der Waals surface area contributed by atoms with Gasteiger partial charge in [0.15, 0.2) is 0 Å². The molecule has 1 aliphatic rings. The summed E-state index contributed by atoms with van der Waals surface area (Å²) in [4.78, 5) is 0. The number of rotatable bonds is 4. The van der Waals surface area contributed by atoms with E-state index < -0.39 is 6.10 Å². The van der Waals surface area contributed by atoms with Crippen molar-refractivity contribution in [2.75, 3.05) is 0 Å².